The molecule has 0 spiro atoms. The van der Waals surface area contributed by atoms with Gasteiger partial charge in [-0.3, -0.25) is 4.79 Å². The number of hydrogen-bond acceptors (Lipinski definition) is 4. The van der Waals surface area contributed by atoms with Gasteiger partial charge in [-0.1, -0.05) is 30.3 Å². The molecule has 7 heteroatoms. The summed E-state index contributed by atoms with van der Waals surface area (Å²) < 4.78 is 10.5. The second-order valence-electron chi connectivity index (χ2n) is 6.94. The second kappa shape index (κ2) is 9.82. The first-order valence-corrected chi connectivity index (χ1v) is 9.70. The number of amides is 1. The zero-order valence-electron chi connectivity index (χ0n) is 17.0. The molecule has 0 bridgehead atoms. The Bertz CT molecular complexity index is 857. The molecule has 7 nitrogen and oxygen atoms in total. The van der Waals surface area contributed by atoms with Gasteiger partial charge in [-0.05, 0) is 35.2 Å². The van der Waals surface area contributed by atoms with Crippen LogP contribution in [0.15, 0.2) is 47.5 Å². The molecule has 1 aliphatic heterocycles. The summed E-state index contributed by atoms with van der Waals surface area (Å²) in [6.07, 6.45) is 1.20. The maximum atomic E-state index is 12.4. The first-order chi connectivity index (χ1) is 14.1. The van der Waals surface area contributed by atoms with E-state index in [4.69, 9.17) is 15.2 Å². The van der Waals surface area contributed by atoms with Gasteiger partial charge < -0.3 is 25.4 Å². The number of benzene rings is 2. The van der Waals surface area contributed by atoms with Crippen LogP contribution in [-0.4, -0.2) is 37.5 Å². The highest BCUT2D eigenvalue weighted by Gasteiger charge is 2.22. The lowest BCUT2D eigenvalue weighted by molar-refractivity contribution is -0.131. The molecule has 0 radical (unpaired) electrons. The van der Waals surface area contributed by atoms with Crippen LogP contribution in [-0.2, 0) is 24.4 Å². The second-order valence-corrected chi connectivity index (χ2v) is 6.94. The Morgan fingerprint density at radius 2 is 1.79 bits per heavy atom. The average molecular weight is 396 g/mol. The molecule has 1 amide bonds. The van der Waals surface area contributed by atoms with Crippen LogP contribution >= 0.6 is 0 Å². The lowest BCUT2D eigenvalue weighted by Gasteiger charge is -2.15. The lowest BCUT2D eigenvalue weighted by atomic mass is 10.1. The van der Waals surface area contributed by atoms with Crippen molar-refractivity contribution in [2.75, 3.05) is 20.8 Å². The highest BCUT2D eigenvalue weighted by Crippen LogP contribution is 2.27. The Balaban J connectivity index is 1.39. The van der Waals surface area contributed by atoms with Crippen molar-refractivity contribution in [3.63, 3.8) is 0 Å². The van der Waals surface area contributed by atoms with E-state index < -0.39 is 0 Å². The van der Waals surface area contributed by atoms with Gasteiger partial charge in [-0.25, -0.2) is 4.99 Å². The third-order valence-electron chi connectivity index (χ3n) is 4.95. The Morgan fingerprint density at radius 1 is 1.10 bits per heavy atom. The molecule has 0 aliphatic carbocycles. The first kappa shape index (κ1) is 20.5. The summed E-state index contributed by atoms with van der Waals surface area (Å²) >= 11 is 0. The number of carbonyl (C=O) groups is 1. The van der Waals surface area contributed by atoms with Crippen molar-refractivity contribution in [1.82, 2.24) is 10.2 Å². The summed E-state index contributed by atoms with van der Waals surface area (Å²) in [5.74, 6) is 1.87. The van der Waals surface area contributed by atoms with Crippen LogP contribution in [0.2, 0.25) is 0 Å². The Kier molecular flexibility index (Phi) is 6.94. The van der Waals surface area contributed by atoms with Crippen LogP contribution < -0.4 is 20.5 Å². The predicted molar refractivity (Wildman–Crippen MR) is 113 cm³/mol. The fourth-order valence-electron chi connectivity index (χ4n) is 3.34. The van der Waals surface area contributed by atoms with Crippen LogP contribution in [0.4, 0.5) is 0 Å². The normalized spacial score (nSPS) is 13.2. The number of nitrogens with zero attached hydrogens (tertiary/aromatic N) is 2. The highest BCUT2D eigenvalue weighted by atomic mass is 16.5. The number of aliphatic imine (C=N–C) groups is 1. The number of nitrogens with one attached hydrogen (secondary N) is 1. The van der Waals surface area contributed by atoms with Gasteiger partial charge in [0.05, 0.1) is 20.8 Å². The summed E-state index contributed by atoms with van der Waals surface area (Å²) in [6, 6.07) is 13.8. The molecule has 0 fully saturated rings. The van der Waals surface area contributed by atoms with Crippen molar-refractivity contribution >= 4 is 11.9 Å². The quantitative estimate of drug-likeness (QED) is 0.406. The molecule has 0 atom stereocenters. The van der Waals surface area contributed by atoms with E-state index in [-0.39, 0.29) is 5.91 Å². The molecule has 3 N–H and O–H groups in total. The van der Waals surface area contributed by atoms with E-state index >= 15 is 0 Å². The van der Waals surface area contributed by atoms with Gasteiger partial charge in [0.25, 0.3) is 0 Å². The van der Waals surface area contributed by atoms with Crippen molar-refractivity contribution in [1.29, 1.82) is 0 Å². The number of rotatable bonds is 8. The zero-order chi connectivity index (χ0) is 20.6. The molecule has 1 aliphatic rings. The molecule has 2 aromatic rings. The van der Waals surface area contributed by atoms with Gasteiger partial charge in [-0.15, -0.1) is 0 Å². The fourth-order valence-corrected chi connectivity index (χ4v) is 3.34. The number of carbonyl (C=O) groups excluding carboxylic acids is 1. The molecule has 29 heavy (non-hydrogen) atoms. The van der Waals surface area contributed by atoms with Crippen LogP contribution in [0.5, 0.6) is 11.5 Å². The van der Waals surface area contributed by atoms with Crippen LogP contribution in [0.1, 0.15) is 29.5 Å². The molecule has 0 unspecified atom stereocenters. The number of hydrogen-bond donors (Lipinski definition) is 2. The van der Waals surface area contributed by atoms with Crippen LogP contribution in [0.25, 0.3) is 0 Å². The van der Waals surface area contributed by atoms with Gasteiger partial charge in [0, 0.05) is 26.1 Å². The lowest BCUT2D eigenvalue weighted by Crippen LogP contribution is -2.33. The Hall–Kier alpha value is -3.22. The van der Waals surface area contributed by atoms with Gasteiger partial charge >= 0.3 is 0 Å². The average Bonchev–Trinajstić information content (AvgIpc) is 3.19. The number of methoxy groups -OCH3 is 2. The summed E-state index contributed by atoms with van der Waals surface area (Å²) in [4.78, 5) is 18.6. The summed E-state index contributed by atoms with van der Waals surface area (Å²) in [5, 5.41) is 3.07. The minimum absolute atomic E-state index is 0.170. The summed E-state index contributed by atoms with van der Waals surface area (Å²) in [7, 11) is 3.20. The van der Waals surface area contributed by atoms with Gasteiger partial charge in [0.2, 0.25) is 5.91 Å². The maximum absolute atomic E-state index is 12.4. The molecular formula is C22H28N4O3. The van der Waals surface area contributed by atoms with Crippen molar-refractivity contribution in [3.05, 3.63) is 59.2 Å². The van der Waals surface area contributed by atoms with E-state index in [9.17, 15) is 4.79 Å². The van der Waals surface area contributed by atoms with Gasteiger partial charge in [0.15, 0.2) is 17.5 Å². The fraction of sp³-hybridized carbons (Fsp3) is 0.364. The number of nitrogens with two attached hydrogens (primary N) is 1. The number of ether oxygens (including phenoxy) is 2. The van der Waals surface area contributed by atoms with Crippen molar-refractivity contribution in [2.45, 2.75) is 32.5 Å². The smallest absolute Gasteiger partial charge is 0.223 e. The highest BCUT2D eigenvalue weighted by molar-refractivity contribution is 5.78. The van der Waals surface area contributed by atoms with E-state index in [0.29, 0.717) is 56.5 Å². The van der Waals surface area contributed by atoms with Crippen molar-refractivity contribution in [3.8, 4) is 11.5 Å². The summed E-state index contributed by atoms with van der Waals surface area (Å²) in [5.41, 5.74) is 9.38. The van der Waals surface area contributed by atoms with E-state index in [1.54, 1.807) is 14.2 Å². The van der Waals surface area contributed by atoms with E-state index in [1.807, 2.05) is 35.2 Å². The molecule has 0 aromatic heterocycles. The van der Waals surface area contributed by atoms with Crippen LogP contribution in [0, 0.1) is 0 Å². The minimum Gasteiger partial charge on any atom is -0.493 e. The predicted octanol–water partition coefficient (Wildman–Crippen LogP) is 2.43. The maximum Gasteiger partial charge on any atom is 0.223 e. The SMILES string of the molecule is COc1ccc(CN=C(N)NCCCC(=O)N2Cc3ccccc3C2)cc1OC. The number of guanidine groups is 1. The van der Waals surface area contributed by atoms with E-state index in [0.717, 1.165) is 5.56 Å². The summed E-state index contributed by atoms with van der Waals surface area (Å²) in [6.45, 7) is 2.45. The number of fused-ring (bicyclic) bond motifs is 1. The third kappa shape index (κ3) is 5.40. The standard InChI is InChI=1S/C22H28N4O3/c1-28-19-10-9-16(12-20(19)29-2)13-25-22(23)24-11-5-8-21(27)26-14-17-6-3-4-7-18(17)15-26/h3-4,6-7,9-10,12H,5,8,11,13-15H2,1-2H3,(H3,23,24,25). The molecule has 0 saturated carbocycles. The Labute approximate surface area is 171 Å². The zero-order valence-corrected chi connectivity index (χ0v) is 17.0. The third-order valence-corrected chi connectivity index (χ3v) is 4.95. The molecule has 1 heterocycles. The minimum atomic E-state index is 0.170. The van der Waals surface area contributed by atoms with Gasteiger partial charge in [-0.2, -0.15) is 0 Å². The van der Waals surface area contributed by atoms with Crippen molar-refractivity contribution < 1.29 is 14.3 Å². The van der Waals surface area contributed by atoms with E-state index in [1.165, 1.54) is 11.1 Å². The first-order valence-electron chi connectivity index (χ1n) is 9.70. The Morgan fingerprint density at radius 3 is 2.45 bits per heavy atom. The van der Waals surface area contributed by atoms with Crippen LogP contribution in [0.3, 0.4) is 0 Å². The molecular weight excluding hydrogens is 368 g/mol. The monoisotopic (exact) mass is 396 g/mol. The van der Waals surface area contributed by atoms with Gasteiger partial charge in [0.1, 0.15) is 0 Å². The largest absolute Gasteiger partial charge is 0.493 e. The van der Waals surface area contributed by atoms with Crippen molar-refractivity contribution in [2.24, 2.45) is 10.7 Å². The molecule has 154 valence electrons. The molecule has 0 saturated heterocycles. The molecule has 3 rings (SSSR count). The topological polar surface area (TPSA) is 89.2 Å². The molecule has 2 aromatic carbocycles. The van der Waals surface area contributed by atoms with E-state index in [2.05, 4.69) is 22.4 Å².